The van der Waals surface area contributed by atoms with Crippen molar-refractivity contribution in [1.82, 2.24) is 14.1 Å². The number of sulfonamides is 1. The van der Waals surface area contributed by atoms with Crippen molar-refractivity contribution < 1.29 is 22.3 Å². The summed E-state index contributed by atoms with van der Waals surface area (Å²) in [6.07, 6.45) is 1.22. The molecule has 7 nitrogen and oxygen atoms in total. The van der Waals surface area contributed by atoms with Crippen molar-refractivity contribution in [3.05, 3.63) is 47.7 Å². The van der Waals surface area contributed by atoms with Gasteiger partial charge in [0, 0.05) is 49.4 Å². The number of anilines is 1. The number of aromatic nitrogens is 2. The predicted octanol–water partition coefficient (Wildman–Crippen LogP) is 3.21. The van der Waals surface area contributed by atoms with Crippen LogP contribution in [0.5, 0.6) is 5.75 Å². The van der Waals surface area contributed by atoms with Gasteiger partial charge >= 0.3 is 0 Å². The number of fused-ring (bicyclic) bond motifs is 1. The molecule has 0 radical (unpaired) electrons. The summed E-state index contributed by atoms with van der Waals surface area (Å²) in [5.41, 5.74) is 2.65. The molecule has 2 aromatic carbocycles. The van der Waals surface area contributed by atoms with Gasteiger partial charge in [-0.2, -0.15) is 13.8 Å². The van der Waals surface area contributed by atoms with E-state index in [1.807, 2.05) is 32.0 Å². The summed E-state index contributed by atoms with van der Waals surface area (Å²) in [5, 5.41) is 15.2. The van der Waals surface area contributed by atoms with Crippen molar-refractivity contribution in [1.29, 1.82) is 0 Å². The second-order valence-corrected chi connectivity index (χ2v) is 10.0. The van der Waals surface area contributed by atoms with E-state index in [4.69, 9.17) is 0 Å². The third kappa shape index (κ3) is 3.97. The van der Waals surface area contributed by atoms with Crippen molar-refractivity contribution in [2.24, 2.45) is 0 Å². The first-order chi connectivity index (χ1) is 14.6. The van der Waals surface area contributed by atoms with E-state index >= 15 is 0 Å². The van der Waals surface area contributed by atoms with Gasteiger partial charge in [-0.25, -0.2) is 17.5 Å². The van der Waals surface area contributed by atoms with Crippen LogP contribution < -0.4 is 4.90 Å². The van der Waals surface area contributed by atoms with Gasteiger partial charge in [0.2, 0.25) is 10.0 Å². The molecule has 1 aliphatic heterocycles. The van der Waals surface area contributed by atoms with E-state index in [1.165, 1.54) is 15.2 Å². The van der Waals surface area contributed by atoms with Gasteiger partial charge in [-0.1, -0.05) is 13.8 Å². The van der Waals surface area contributed by atoms with E-state index in [-0.39, 0.29) is 11.6 Å². The Morgan fingerprint density at radius 3 is 2.29 bits per heavy atom. The molecule has 0 amide bonds. The highest BCUT2D eigenvalue weighted by Crippen LogP contribution is 2.32. The standard InChI is InChI=1S/C21H24F2N4O3S/c1-13(2)21-16-10-14(25-6-8-26(9-7-25)31(3,29)30)4-5-18(16)27(24-21)15-11-17(22)20(23)19(28)12-15/h4-5,10-13,28H,6-9H2,1-3H3. The molecule has 1 aromatic heterocycles. The van der Waals surface area contributed by atoms with E-state index < -0.39 is 27.4 Å². The van der Waals surface area contributed by atoms with Crippen LogP contribution in [0.4, 0.5) is 14.5 Å². The quantitative estimate of drug-likeness (QED) is 0.661. The van der Waals surface area contributed by atoms with Crippen LogP contribution in [-0.2, 0) is 10.0 Å². The number of aromatic hydroxyl groups is 1. The summed E-state index contributed by atoms with van der Waals surface area (Å²) >= 11 is 0. The predicted molar refractivity (Wildman–Crippen MR) is 115 cm³/mol. The number of hydrogen-bond donors (Lipinski definition) is 1. The third-order valence-corrected chi connectivity index (χ3v) is 6.85. The average molecular weight is 451 g/mol. The van der Waals surface area contributed by atoms with Gasteiger partial charge in [-0.05, 0) is 24.1 Å². The minimum Gasteiger partial charge on any atom is -0.505 e. The van der Waals surface area contributed by atoms with Gasteiger partial charge in [0.25, 0.3) is 0 Å². The fraction of sp³-hybridized carbons (Fsp3) is 0.381. The maximum Gasteiger partial charge on any atom is 0.211 e. The number of hydrogen-bond acceptors (Lipinski definition) is 5. The zero-order valence-corrected chi connectivity index (χ0v) is 18.3. The van der Waals surface area contributed by atoms with Crippen LogP contribution in [0.25, 0.3) is 16.6 Å². The molecule has 0 atom stereocenters. The van der Waals surface area contributed by atoms with E-state index in [2.05, 4.69) is 10.00 Å². The maximum absolute atomic E-state index is 13.9. The van der Waals surface area contributed by atoms with E-state index in [1.54, 1.807) is 0 Å². The molecule has 0 bridgehead atoms. The third-order valence-electron chi connectivity index (χ3n) is 5.55. The highest BCUT2D eigenvalue weighted by molar-refractivity contribution is 7.88. The molecule has 166 valence electrons. The minimum absolute atomic E-state index is 0.0694. The van der Waals surface area contributed by atoms with Gasteiger partial charge in [0.15, 0.2) is 17.4 Å². The monoisotopic (exact) mass is 450 g/mol. The summed E-state index contributed by atoms with van der Waals surface area (Å²) < 4.78 is 53.9. The molecule has 0 aliphatic carbocycles. The van der Waals surface area contributed by atoms with Crippen molar-refractivity contribution in [2.75, 3.05) is 37.3 Å². The van der Waals surface area contributed by atoms with Crippen LogP contribution >= 0.6 is 0 Å². The van der Waals surface area contributed by atoms with Crippen LogP contribution in [0, 0.1) is 11.6 Å². The Morgan fingerprint density at radius 2 is 1.71 bits per heavy atom. The summed E-state index contributed by atoms with van der Waals surface area (Å²) in [4.78, 5) is 2.12. The van der Waals surface area contributed by atoms with Crippen LogP contribution in [0.1, 0.15) is 25.5 Å². The lowest BCUT2D eigenvalue weighted by Gasteiger charge is -2.34. The molecule has 0 unspecified atom stereocenters. The Hall–Kier alpha value is -2.72. The first-order valence-electron chi connectivity index (χ1n) is 9.97. The Balaban J connectivity index is 1.75. The molecule has 3 aromatic rings. The molecular weight excluding hydrogens is 426 g/mol. The highest BCUT2D eigenvalue weighted by Gasteiger charge is 2.24. The molecule has 1 aliphatic rings. The van der Waals surface area contributed by atoms with Crippen LogP contribution in [0.3, 0.4) is 0 Å². The lowest BCUT2D eigenvalue weighted by atomic mass is 10.1. The van der Waals surface area contributed by atoms with E-state index in [9.17, 15) is 22.3 Å². The summed E-state index contributed by atoms with van der Waals surface area (Å²) in [7, 11) is -3.21. The van der Waals surface area contributed by atoms with Crippen molar-refractivity contribution in [3.63, 3.8) is 0 Å². The van der Waals surface area contributed by atoms with Gasteiger partial charge in [-0.3, -0.25) is 0 Å². The summed E-state index contributed by atoms with van der Waals surface area (Å²) in [6, 6.07) is 7.90. The SMILES string of the molecule is CC(C)c1nn(-c2cc(O)c(F)c(F)c2)c2ccc(N3CCN(S(C)(=O)=O)CC3)cc12. The van der Waals surface area contributed by atoms with Crippen LogP contribution in [-0.4, -0.2) is 60.0 Å². The molecule has 1 saturated heterocycles. The second-order valence-electron chi connectivity index (χ2n) is 8.06. The van der Waals surface area contributed by atoms with E-state index in [0.717, 1.165) is 28.9 Å². The van der Waals surface area contributed by atoms with Crippen molar-refractivity contribution in [3.8, 4) is 11.4 Å². The minimum atomic E-state index is -3.21. The zero-order chi connectivity index (χ0) is 22.5. The first kappa shape index (κ1) is 21.5. The molecule has 31 heavy (non-hydrogen) atoms. The average Bonchev–Trinajstić information content (AvgIpc) is 3.10. The van der Waals surface area contributed by atoms with Gasteiger partial charge in [0.1, 0.15) is 0 Å². The van der Waals surface area contributed by atoms with Gasteiger partial charge < -0.3 is 10.0 Å². The number of phenolic OH excluding ortho intramolecular Hbond substituents is 1. The number of nitrogens with zero attached hydrogens (tertiary/aromatic N) is 4. The molecule has 1 N–H and O–H groups in total. The lowest BCUT2D eigenvalue weighted by Crippen LogP contribution is -2.48. The second kappa shape index (κ2) is 7.76. The highest BCUT2D eigenvalue weighted by atomic mass is 32.2. The number of halogens is 2. The smallest absolute Gasteiger partial charge is 0.211 e. The number of phenols is 1. The van der Waals surface area contributed by atoms with Crippen LogP contribution in [0.15, 0.2) is 30.3 Å². The largest absolute Gasteiger partial charge is 0.505 e. The fourth-order valence-electron chi connectivity index (χ4n) is 3.91. The van der Waals surface area contributed by atoms with E-state index in [0.29, 0.717) is 31.7 Å². The Labute approximate surface area is 179 Å². The first-order valence-corrected chi connectivity index (χ1v) is 11.8. The lowest BCUT2D eigenvalue weighted by molar-refractivity contribution is 0.388. The van der Waals surface area contributed by atoms with Gasteiger partial charge in [0.05, 0.1) is 23.2 Å². The topological polar surface area (TPSA) is 78.7 Å². The number of rotatable bonds is 4. The Kier molecular flexibility index (Phi) is 5.38. The zero-order valence-electron chi connectivity index (χ0n) is 17.5. The van der Waals surface area contributed by atoms with Crippen molar-refractivity contribution in [2.45, 2.75) is 19.8 Å². The van der Waals surface area contributed by atoms with Crippen LogP contribution in [0.2, 0.25) is 0 Å². The maximum atomic E-state index is 13.9. The Bertz CT molecular complexity index is 1230. The molecule has 0 spiro atoms. The molecule has 0 saturated carbocycles. The number of piperazine rings is 1. The Morgan fingerprint density at radius 1 is 1.03 bits per heavy atom. The summed E-state index contributed by atoms with van der Waals surface area (Å²) in [6.45, 7) is 5.96. The number of benzene rings is 2. The molecule has 2 heterocycles. The molecular formula is C21H24F2N4O3S. The molecule has 10 heteroatoms. The van der Waals surface area contributed by atoms with Crippen molar-refractivity contribution >= 4 is 26.6 Å². The summed E-state index contributed by atoms with van der Waals surface area (Å²) in [5.74, 6) is -3.14. The normalized spacial score (nSPS) is 15.9. The molecule has 1 fully saturated rings. The van der Waals surface area contributed by atoms with Gasteiger partial charge in [-0.15, -0.1) is 0 Å². The fourth-order valence-corrected chi connectivity index (χ4v) is 4.74. The molecule has 4 rings (SSSR count).